The number of anilines is 2. The Hall–Kier alpha value is -2.87. The van der Waals surface area contributed by atoms with Gasteiger partial charge in [0.15, 0.2) is 0 Å². The molecule has 2 fully saturated rings. The fourth-order valence-corrected chi connectivity index (χ4v) is 4.08. The first-order chi connectivity index (χ1) is 15.4. The normalized spacial score (nSPS) is 19.5. The zero-order valence-corrected chi connectivity index (χ0v) is 19.6. The summed E-state index contributed by atoms with van der Waals surface area (Å²) in [5.41, 5.74) is 1.94. The van der Waals surface area contributed by atoms with Crippen LogP contribution in [-0.2, 0) is 0 Å². The van der Waals surface area contributed by atoms with Gasteiger partial charge in [0.2, 0.25) is 0 Å². The van der Waals surface area contributed by atoms with Crippen LogP contribution in [0.3, 0.4) is 0 Å². The van der Waals surface area contributed by atoms with Crippen LogP contribution in [0.5, 0.6) is 0 Å². The van der Waals surface area contributed by atoms with E-state index in [2.05, 4.69) is 35.2 Å². The Morgan fingerprint density at radius 3 is 1.38 bits per heavy atom. The molecule has 2 heterocycles. The lowest BCUT2D eigenvalue weighted by Crippen LogP contribution is -2.20. The second kappa shape index (κ2) is 12.2. The Morgan fingerprint density at radius 2 is 1.09 bits per heavy atom. The minimum absolute atomic E-state index is 0.214. The number of alkyl halides is 1. The largest absolute Gasteiger partial charge is 0.366 e. The van der Waals surface area contributed by atoms with Crippen LogP contribution >= 0.6 is 11.6 Å². The van der Waals surface area contributed by atoms with Gasteiger partial charge in [-0.25, -0.2) is 0 Å². The van der Waals surface area contributed by atoms with Gasteiger partial charge >= 0.3 is 0 Å². The zero-order chi connectivity index (χ0) is 23.7. The lowest BCUT2D eigenvalue weighted by atomic mass is 10.2. The van der Waals surface area contributed by atoms with Gasteiger partial charge in [0.25, 0.3) is 11.4 Å². The SMILES string of the molecule is CC1CCN(c2ccccc2[N+](=O)[O-])C1.CC1CCN(c2ccccc2[N+](=O)[O-])C1.CCl. The molecule has 2 atom stereocenters. The van der Waals surface area contributed by atoms with Gasteiger partial charge in [-0.1, -0.05) is 38.1 Å². The van der Waals surface area contributed by atoms with E-state index in [4.69, 9.17) is 0 Å². The summed E-state index contributed by atoms with van der Waals surface area (Å²) in [6.45, 7) is 8.04. The van der Waals surface area contributed by atoms with Crippen molar-refractivity contribution in [2.45, 2.75) is 26.7 Å². The van der Waals surface area contributed by atoms with Crippen molar-refractivity contribution >= 4 is 34.4 Å². The molecule has 8 nitrogen and oxygen atoms in total. The number of para-hydroxylation sites is 4. The number of benzene rings is 2. The highest BCUT2D eigenvalue weighted by Gasteiger charge is 2.25. The number of rotatable bonds is 4. The third-order valence-electron chi connectivity index (χ3n) is 5.69. The van der Waals surface area contributed by atoms with E-state index in [1.807, 2.05) is 24.3 Å². The molecular formula is C23H31ClN4O4. The van der Waals surface area contributed by atoms with Crippen LogP contribution in [0.25, 0.3) is 0 Å². The maximum atomic E-state index is 10.8. The Morgan fingerprint density at radius 1 is 0.750 bits per heavy atom. The van der Waals surface area contributed by atoms with Crippen molar-refractivity contribution in [1.29, 1.82) is 0 Å². The highest BCUT2D eigenvalue weighted by atomic mass is 35.5. The highest BCUT2D eigenvalue weighted by Crippen LogP contribution is 2.32. The van der Waals surface area contributed by atoms with Gasteiger partial charge < -0.3 is 9.80 Å². The Balaban J connectivity index is 0.000000211. The quantitative estimate of drug-likeness (QED) is 0.327. The molecule has 0 aromatic heterocycles. The topological polar surface area (TPSA) is 92.8 Å². The van der Waals surface area contributed by atoms with E-state index in [1.54, 1.807) is 24.3 Å². The van der Waals surface area contributed by atoms with E-state index in [0.29, 0.717) is 11.8 Å². The molecule has 0 amide bonds. The number of nitro benzene ring substituents is 2. The molecule has 0 N–H and O–H groups in total. The van der Waals surface area contributed by atoms with Crippen molar-refractivity contribution in [1.82, 2.24) is 0 Å². The molecule has 4 rings (SSSR count). The predicted molar refractivity (Wildman–Crippen MR) is 130 cm³/mol. The third-order valence-corrected chi connectivity index (χ3v) is 5.69. The fourth-order valence-electron chi connectivity index (χ4n) is 4.08. The molecule has 0 bridgehead atoms. The van der Waals surface area contributed by atoms with Crippen molar-refractivity contribution in [3.05, 3.63) is 68.8 Å². The lowest BCUT2D eigenvalue weighted by molar-refractivity contribution is -0.384. The van der Waals surface area contributed by atoms with E-state index >= 15 is 0 Å². The summed E-state index contributed by atoms with van der Waals surface area (Å²) in [7, 11) is 0. The zero-order valence-electron chi connectivity index (χ0n) is 18.8. The van der Waals surface area contributed by atoms with Crippen LogP contribution in [0.1, 0.15) is 26.7 Å². The van der Waals surface area contributed by atoms with Crippen molar-refractivity contribution < 1.29 is 9.85 Å². The second-order valence-corrected chi connectivity index (χ2v) is 8.17. The third kappa shape index (κ3) is 6.56. The molecule has 2 aliphatic rings. The summed E-state index contributed by atoms with van der Waals surface area (Å²) in [5.74, 6) is 1.26. The summed E-state index contributed by atoms with van der Waals surface area (Å²) < 4.78 is 0. The molecule has 2 saturated heterocycles. The molecule has 9 heteroatoms. The van der Waals surface area contributed by atoms with E-state index in [0.717, 1.165) is 50.4 Å². The average molecular weight is 463 g/mol. The van der Waals surface area contributed by atoms with Gasteiger partial charge in [-0.3, -0.25) is 20.2 Å². The summed E-state index contributed by atoms with van der Waals surface area (Å²) in [5, 5.41) is 21.7. The van der Waals surface area contributed by atoms with E-state index in [1.165, 1.54) is 6.38 Å². The molecule has 32 heavy (non-hydrogen) atoms. The minimum Gasteiger partial charge on any atom is -0.366 e. The number of halogens is 1. The highest BCUT2D eigenvalue weighted by molar-refractivity contribution is 6.15. The molecule has 0 spiro atoms. The predicted octanol–water partition coefficient (Wildman–Crippen LogP) is 5.74. The summed E-state index contributed by atoms with van der Waals surface area (Å²) in [6.07, 6.45) is 3.71. The van der Waals surface area contributed by atoms with E-state index < -0.39 is 0 Å². The van der Waals surface area contributed by atoms with Gasteiger partial charge in [0.05, 0.1) is 9.85 Å². The molecule has 0 radical (unpaired) electrons. The molecule has 2 aromatic rings. The van der Waals surface area contributed by atoms with Crippen LogP contribution in [0, 0.1) is 32.1 Å². The average Bonchev–Trinajstić information content (AvgIpc) is 3.43. The number of hydrogen-bond acceptors (Lipinski definition) is 6. The second-order valence-electron chi connectivity index (χ2n) is 8.17. The lowest BCUT2D eigenvalue weighted by Gasteiger charge is -2.17. The monoisotopic (exact) mass is 462 g/mol. The molecule has 2 unspecified atom stereocenters. The van der Waals surface area contributed by atoms with E-state index in [9.17, 15) is 20.2 Å². The summed E-state index contributed by atoms with van der Waals surface area (Å²) in [4.78, 5) is 25.3. The van der Waals surface area contributed by atoms with Gasteiger partial charge in [0, 0.05) is 44.7 Å². The maximum absolute atomic E-state index is 10.8. The number of hydrogen-bond donors (Lipinski definition) is 0. The Kier molecular flexibility index (Phi) is 9.71. The van der Waals surface area contributed by atoms with Gasteiger partial charge in [-0.05, 0) is 36.8 Å². The van der Waals surface area contributed by atoms with Gasteiger partial charge in [0.1, 0.15) is 11.4 Å². The molecule has 0 aliphatic carbocycles. The summed E-state index contributed by atoms with van der Waals surface area (Å²) >= 11 is 4.64. The fraction of sp³-hybridized carbons (Fsp3) is 0.478. The number of nitrogens with zero attached hydrogens (tertiary/aromatic N) is 4. The van der Waals surface area contributed by atoms with Gasteiger partial charge in [-0.15, -0.1) is 11.6 Å². The van der Waals surface area contributed by atoms with Crippen molar-refractivity contribution in [3.63, 3.8) is 0 Å². The Labute approximate surface area is 194 Å². The van der Waals surface area contributed by atoms with E-state index in [-0.39, 0.29) is 21.2 Å². The van der Waals surface area contributed by atoms with Crippen molar-refractivity contribution in [2.75, 3.05) is 42.4 Å². The Bertz CT molecular complexity index is 838. The number of nitro groups is 2. The molecular weight excluding hydrogens is 432 g/mol. The van der Waals surface area contributed by atoms with Crippen molar-refractivity contribution in [3.8, 4) is 0 Å². The van der Waals surface area contributed by atoms with Crippen LogP contribution in [-0.4, -0.2) is 42.4 Å². The molecule has 2 aromatic carbocycles. The molecule has 0 saturated carbocycles. The molecule has 2 aliphatic heterocycles. The summed E-state index contributed by atoms with van der Waals surface area (Å²) in [6, 6.07) is 13.9. The van der Waals surface area contributed by atoms with Crippen LogP contribution in [0.2, 0.25) is 0 Å². The minimum atomic E-state index is -0.307. The first-order valence-corrected chi connectivity index (χ1v) is 11.5. The van der Waals surface area contributed by atoms with Crippen molar-refractivity contribution in [2.24, 2.45) is 11.8 Å². The first-order valence-electron chi connectivity index (χ1n) is 10.7. The van der Waals surface area contributed by atoms with Crippen LogP contribution in [0.15, 0.2) is 48.5 Å². The first kappa shape index (κ1) is 25.4. The van der Waals surface area contributed by atoms with Crippen LogP contribution in [0.4, 0.5) is 22.7 Å². The molecule has 174 valence electrons. The van der Waals surface area contributed by atoms with Crippen LogP contribution < -0.4 is 9.80 Å². The standard InChI is InChI=1S/2C11H14N2O2.CH3Cl/c2*1-9-6-7-12(8-9)10-4-2-3-5-11(10)13(14)15;1-2/h2*2-5,9H,6-8H2,1H3;1H3. The maximum Gasteiger partial charge on any atom is 0.292 e. The van der Waals surface area contributed by atoms with Gasteiger partial charge in [-0.2, -0.15) is 0 Å². The smallest absolute Gasteiger partial charge is 0.292 e.